The van der Waals surface area contributed by atoms with Crippen molar-refractivity contribution in [2.24, 2.45) is 0 Å². The van der Waals surface area contributed by atoms with Gasteiger partial charge < -0.3 is 10.5 Å². The van der Waals surface area contributed by atoms with Crippen molar-refractivity contribution >= 4 is 22.4 Å². The summed E-state index contributed by atoms with van der Waals surface area (Å²) in [4.78, 5) is 21.4. The molecule has 1 saturated heterocycles. The van der Waals surface area contributed by atoms with Crippen molar-refractivity contribution in [2.45, 2.75) is 51.8 Å². The highest BCUT2D eigenvalue weighted by atomic mass is 16.5. The number of benzene rings is 3. The SMILES string of the molecule is CC(=O)Cc1ccccc1OC1CC(N2CCN(C(C)C)CC2)c2ccc(-c3ccc4ccnc(N)c4c3)cc21. The Kier molecular flexibility index (Phi) is 7.30. The summed E-state index contributed by atoms with van der Waals surface area (Å²) in [6.45, 7) is 10.5. The van der Waals surface area contributed by atoms with Crippen LogP contribution in [0.5, 0.6) is 5.75 Å². The average Bonchev–Trinajstić information content (AvgIpc) is 3.31. The lowest BCUT2D eigenvalue weighted by Crippen LogP contribution is -2.49. The van der Waals surface area contributed by atoms with E-state index in [2.05, 4.69) is 65.0 Å². The zero-order valence-corrected chi connectivity index (χ0v) is 23.6. The van der Waals surface area contributed by atoms with Crippen LogP contribution in [0.4, 0.5) is 5.82 Å². The van der Waals surface area contributed by atoms with E-state index in [9.17, 15) is 4.79 Å². The molecular formula is C34H38N4O2. The zero-order chi connectivity index (χ0) is 27.8. The number of ketones is 1. The van der Waals surface area contributed by atoms with Crippen LogP contribution in [0.25, 0.3) is 21.9 Å². The minimum Gasteiger partial charge on any atom is -0.485 e. The van der Waals surface area contributed by atoms with Crippen LogP contribution in [0, 0.1) is 0 Å². The van der Waals surface area contributed by atoms with Gasteiger partial charge in [-0.25, -0.2) is 4.98 Å². The van der Waals surface area contributed by atoms with Crippen molar-refractivity contribution in [3.05, 3.63) is 89.6 Å². The number of rotatable bonds is 7. The van der Waals surface area contributed by atoms with Crippen LogP contribution in [-0.2, 0) is 11.2 Å². The Bertz CT molecular complexity index is 1540. The van der Waals surface area contributed by atoms with E-state index >= 15 is 0 Å². The Hall–Kier alpha value is -3.74. The number of pyridine rings is 1. The van der Waals surface area contributed by atoms with Crippen LogP contribution in [-0.4, -0.2) is 52.8 Å². The molecule has 3 aromatic carbocycles. The second kappa shape index (κ2) is 11.0. The van der Waals surface area contributed by atoms with Gasteiger partial charge >= 0.3 is 0 Å². The van der Waals surface area contributed by atoms with E-state index < -0.39 is 0 Å². The summed E-state index contributed by atoms with van der Waals surface area (Å²) in [6.07, 6.45) is 2.93. The van der Waals surface area contributed by atoms with Gasteiger partial charge in [-0.15, -0.1) is 0 Å². The van der Waals surface area contributed by atoms with E-state index in [1.807, 2.05) is 30.3 Å². The quantitative estimate of drug-likeness (QED) is 0.304. The molecule has 0 amide bonds. The van der Waals surface area contributed by atoms with Crippen LogP contribution in [0.2, 0.25) is 0 Å². The van der Waals surface area contributed by atoms with Gasteiger partial charge in [0.25, 0.3) is 0 Å². The molecule has 6 rings (SSSR count). The molecule has 6 nitrogen and oxygen atoms in total. The number of ether oxygens (including phenoxy) is 1. The number of hydrogen-bond acceptors (Lipinski definition) is 6. The lowest BCUT2D eigenvalue weighted by molar-refractivity contribution is -0.116. The summed E-state index contributed by atoms with van der Waals surface area (Å²) in [7, 11) is 0. The van der Waals surface area contributed by atoms with Gasteiger partial charge in [0.05, 0.1) is 0 Å². The molecule has 2 atom stereocenters. The van der Waals surface area contributed by atoms with E-state index in [1.54, 1.807) is 13.1 Å². The fourth-order valence-electron chi connectivity index (χ4n) is 6.37. The Morgan fingerprint density at radius 3 is 2.50 bits per heavy atom. The highest BCUT2D eigenvalue weighted by molar-refractivity contribution is 5.94. The average molecular weight is 535 g/mol. The van der Waals surface area contributed by atoms with E-state index in [4.69, 9.17) is 10.5 Å². The van der Waals surface area contributed by atoms with E-state index in [0.717, 1.165) is 65.8 Å². The first-order valence-corrected chi connectivity index (χ1v) is 14.4. The van der Waals surface area contributed by atoms with Crippen molar-refractivity contribution in [1.29, 1.82) is 0 Å². The molecule has 0 radical (unpaired) electrons. The third-order valence-electron chi connectivity index (χ3n) is 8.56. The van der Waals surface area contributed by atoms with Crippen molar-refractivity contribution in [3.63, 3.8) is 0 Å². The maximum Gasteiger partial charge on any atom is 0.134 e. The van der Waals surface area contributed by atoms with Crippen molar-refractivity contribution < 1.29 is 9.53 Å². The lowest BCUT2D eigenvalue weighted by Gasteiger charge is -2.40. The van der Waals surface area contributed by atoms with Gasteiger partial charge in [-0.1, -0.05) is 42.5 Å². The Morgan fingerprint density at radius 2 is 1.73 bits per heavy atom. The first-order valence-electron chi connectivity index (χ1n) is 14.4. The van der Waals surface area contributed by atoms with Crippen LogP contribution >= 0.6 is 0 Å². The molecule has 1 aromatic heterocycles. The maximum atomic E-state index is 12.0. The van der Waals surface area contributed by atoms with Gasteiger partial charge in [0.15, 0.2) is 0 Å². The molecule has 4 aromatic rings. The highest BCUT2D eigenvalue weighted by Crippen LogP contribution is 2.46. The summed E-state index contributed by atoms with van der Waals surface area (Å²) < 4.78 is 6.78. The number of aromatic nitrogens is 1. The monoisotopic (exact) mass is 534 g/mol. The molecule has 6 heteroatoms. The molecule has 2 heterocycles. The number of fused-ring (bicyclic) bond motifs is 2. The molecule has 2 N–H and O–H groups in total. The third kappa shape index (κ3) is 5.21. The second-order valence-electron chi connectivity index (χ2n) is 11.5. The largest absolute Gasteiger partial charge is 0.485 e. The fourth-order valence-corrected chi connectivity index (χ4v) is 6.37. The third-order valence-corrected chi connectivity index (χ3v) is 8.56. The molecule has 40 heavy (non-hydrogen) atoms. The number of carbonyl (C=O) groups excluding carboxylic acids is 1. The summed E-state index contributed by atoms with van der Waals surface area (Å²) in [5.41, 5.74) is 12.0. The van der Waals surface area contributed by atoms with Gasteiger partial charge in [-0.05, 0) is 72.7 Å². The Labute approximate surface area is 236 Å². The Morgan fingerprint density at radius 1 is 0.975 bits per heavy atom. The van der Waals surface area contributed by atoms with Crippen molar-refractivity contribution in [1.82, 2.24) is 14.8 Å². The van der Waals surface area contributed by atoms with Crippen LogP contribution in [0.15, 0.2) is 72.9 Å². The number of nitrogen functional groups attached to an aromatic ring is 1. The number of nitrogens with zero attached hydrogens (tertiary/aromatic N) is 3. The Balaban J connectivity index is 1.36. The number of hydrogen-bond donors (Lipinski definition) is 1. The molecule has 0 spiro atoms. The second-order valence-corrected chi connectivity index (χ2v) is 11.5. The van der Waals surface area contributed by atoms with E-state index in [1.165, 1.54) is 11.1 Å². The summed E-state index contributed by atoms with van der Waals surface area (Å²) in [6, 6.07) is 24.0. The first kappa shape index (κ1) is 26.5. The summed E-state index contributed by atoms with van der Waals surface area (Å²) in [5.74, 6) is 1.48. The van der Waals surface area contributed by atoms with Gasteiger partial charge in [0.1, 0.15) is 23.5 Å². The van der Waals surface area contributed by atoms with Crippen molar-refractivity contribution in [2.75, 3.05) is 31.9 Å². The minimum atomic E-state index is -0.0941. The summed E-state index contributed by atoms with van der Waals surface area (Å²) in [5, 5.41) is 2.05. The van der Waals surface area contributed by atoms with Gasteiger partial charge in [0, 0.05) is 68.3 Å². The maximum absolute atomic E-state index is 12.0. The lowest BCUT2D eigenvalue weighted by atomic mass is 9.97. The predicted octanol–water partition coefficient (Wildman–Crippen LogP) is 6.21. The topological polar surface area (TPSA) is 71.7 Å². The molecule has 2 unspecified atom stereocenters. The molecule has 1 fully saturated rings. The number of Topliss-reactive ketones (excluding diaryl/α,β-unsaturated/α-hetero) is 1. The zero-order valence-electron chi connectivity index (χ0n) is 23.6. The predicted molar refractivity (Wildman–Crippen MR) is 161 cm³/mol. The molecule has 1 aliphatic heterocycles. The molecule has 0 bridgehead atoms. The normalized spacial score (nSPS) is 19.7. The van der Waals surface area contributed by atoms with Crippen molar-refractivity contribution in [3.8, 4) is 16.9 Å². The molecule has 2 aliphatic rings. The number of nitrogens with two attached hydrogens (primary N) is 1. The highest BCUT2D eigenvalue weighted by Gasteiger charge is 2.37. The van der Waals surface area contributed by atoms with Gasteiger partial charge in [0.2, 0.25) is 0 Å². The standard InChI is InChI=1S/C34H38N4O2/c1-22(2)37-14-16-38(17-15-37)31-21-33(40-32-7-5-4-6-27(32)18-23(3)39)30-20-26(10-11-28(30)31)25-9-8-24-12-13-36-34(35)29(24)19-25/h4-13,19-20,22,31,33H,14-18,21H2,1-3H3,(H2,35,36). The summed E-state index contributed by atoms with van der Waals surface area (Å²) >= 11 is 0. The number of carbonyl (C=O) groups is 1. The fraction of sp³-hybridized carbons (Fsp3) is 0.353. The molecular weight excluding hydrogens is 496 g/mol. The molecule has 0 saturated carbocycles. The van der Waals surface area contributed by atoms with E-state index in [0.29, 0.717) is 24.3 Å². The number of anilines is 1. The smallest absolute Gasteiger partial charge is 0.134 e. The van der Waals surface area contributed by atoms with E-state index in [-0.39, 0.29) is 11.9 Å². The number of para-hydroxylation sites is 1. The van der Waals surface area contributed by atoms with Gasteiger partial charge in [-0.2, -0.15) is 0 Å². The minimum absolute atomic E-state index is 0.0941. The van der Waals surface area contributed by atoms with Crippen LogP contribution in [0.1, 0.15) is 56.0 Å². The van der Waals surface area contributed by atoms with Crippen LogP contribution in [0.3, 0.4) is 0 Å². The van der Waals surface area contributed by atoms with Crippen LogP contribution < -0.4 is 10.5 Å². The molecule has 1 aliphatic carbocycles. The van der Waals surface area contributed by atoms with Gasteiger partial charge in [-0.3, -0.25) is 14.6 Å². The first-order chi connectivity index (χ1) is 19.4. The number of piperazine rings is 1. The molecule has 206 valence electrons.